The zero-order valence-electron chi connectivity index (χ0n) is 10.2. The minimum Gasteiger partial charge on any atom is -0.383 e. The molecule has 0 bridgehead atoms. The number of rotatable bonds is 6. The van der Waals surface area contributed by atoms with Gasteiger partial charge in [-0.05, 0) is 23.6 Å². The van der Waals surface area contributed by atoms with Gasteiger partial charge in [0.1, 0.15) is 5.82 Å². The molecule has 0 aliphatic rings. The van der Waals surface area contributed by atoms with E-state index >= 15 is 0 Å². The molecule has 0 aliphatic heterocycles. The lowest BCUT2D eigenvalue weighted by molar-refractivity contribution is 0.146. The quantitative estimate of drug-likeness (QED) is 0.803. The topological polar surface area (TPSA) is 21.3 Å². The van der Waals surface area contributed by atoms with Crippen molar-refractivity contribution in [2.75, 3.05) is 13.7 Å². The monoisotopic (exact) mass is 225 g/mol. The second-order valence-corrected chi connectivity index (χ2v) is 4.31. The maximum Gasteiger partial charge on any atom is 0.123 e. The molecule has 3 heteroatoms. The van der Waals surface area contributed by atoms with Crippen molar-refractivity contribution in [3.05, 3.63) is 35.6 Å². The molecule has 0 aromatic heterocycles. The van der Waals surface area contributed by atoms with E-state index in [0.717, 1.165) is 12.1 Å². The van der Waals surface area contributed by atoms with Crippen molar-refractivity contribution >= 4 is 0 Å². The van der Waals surface area contributed by atoms with Crippen LogP contribution in [0.3, 0.4) is 0 Å². The molecular formula is C13H20FNO. The van der Waals surface area contributed by atoms with Crippen LogP contribution in [0.1, 0.15) is 19.4 Å². The highest BCUT2D eigenvalue weighted by Crippen LogP contribution is 2.06. The fraction of sp³-hybridized carbons (Fsp3) is 0.538. The Labute approximate surface area is 96.8 Å². The highest BCUT2D eigenvalue weighted by molar-refractivity contribution is 5.15. The van der Waals surface area contributed by atoms with Crippen molar-refractivity contribution < 1.29 is 9.13 Å². The molecule has 0 spiro atoms. The number of ether oxygens (including phenoxy) is 1. The average Bonchev–Trinajstić information content (AvgIpc) is 2.26. The predicted octanol–water partition coefficient (Wildman–Crippen LogP) is 2.59. The fourth-order valence-corrected chi connectivity index (χ4v) is 1.52. The maximum atomic E-state index is 12.7. The molecule has 1 atom stereocenters. The summed E-state index contributed by atoms with van der Waals surface area (Å²) in [7, 11) is 1.70. The van der Waals surface area contributed by atoms with E-state index in [-0.39, 0.29) is 5.82 Å². The molecule has 0 amide bonds. The van der Waals surface area contributed by atoms with Gasteiger partial charge in [0.2, 0.25) is 0 Å². The molecule has 0 saturated carbocycles. The third kappa shape index (κ3) is 4.29. The summed E-state index contributed by atoms with van der Waals surface area (Å²) in [5, 5.41) is 3.41. The van der Waals surface area contributed by atoms with E-state index in [9.17, 15) is 4.39 Å². The third-order valence-corrected chi connectivity index (χ3v) is 2.63. The first-order chi connectivity index (χ1) is 7.63. The first-order valence-electron chi connectivity index (χ1n) is 5.60. The number of hydrogen-bond acceptors (Lipinski definition) is 2. The molecule has 0 heterocycles. The third-order valence-electron chi connectivity index (χ3n) is 2.63. The number of hydrogen-bond donors (Lipinski definition) is 1. The van der Waals surface area contributed by atoms with Gasteiger partial charge in [-0.25, -0.2) is 4.39 Å². The van der Waals surface area contributed by atoms with Crippen molar-refractivity contribution in [1.29, 1.82) is 0 Å². The summed E-state index contributed by atoms with van der Waals surface area (Å²) >= 11 is 0. The van der Waals surface area contributed by atoms with Crippen LogP contribution in [0.4, 0.5) is 4.39 Å². The van der Waals surface area contributed by atoms with Crippen LogP contribution in [0.5, 0.6) is 0 Å². The molecule has 0 radical (unpaired) electrons. The van der Waals surface area contributed by atoms with E-state index in [0.29, 0.717) is 18.6 Å². The Hall–Kier alpha value is -0.930. The molecule has 1 unspecified atom stereocenters. The summed E-state index contributed by atoms with van der Waals surface area (Å²) < 4.78 is 17.8. The maximum absolute atomic E-state index is 12.7. The van der Waals surface area contributed by atoms with Crippen LogP contribution >= 0.6 is 0 Å². The lowest BCUT2D eigenvalue weighted by atomic mass is 10.0. The summed E-state index contributed by atoms with van der Waals surface area (Å²) in [5.41, 5.74) is 1.09. The normalized spacial score (nSPS) is 13.1. The molecule has 0 aliphatic carbocycles. The standard InChI is InChI=1S/C13H20FNO/c1-10(2)13(9-16-3)15-8-11-4-6-12(14)7-5-11/h4-7,10,13,15H,8-9H2,1-3H3. The van der Waals surface area contributed by atoms with Crippen LogP contribution in [0.15, 0.2) is 24.3 Å². The van der Waals surface area contributed by atoms with Crippen molar-refractivity contribution in [3.8, 4) is 0 Å². The summed E-state index contributed by atoms with van der Waals surface area (Å²) in [5.74, 6) is 0.321. The minimum atomic E-state index is -0.193. The molecule has 1 N–H and O–H groups in total. The SMILES string of the molecule is COCC(NCc1ccc(F)cc1)C(C)C. The van der Waals surface area contributed by atoms with Crippen LogP contribution in [-0.2, 0) is 11.3 Å². The number of methoxy groups -OCH3 is 1. The van der Waals surface area contributed by atoms with E-state index in [2.05, 4.69) is 19.2 Å². The molecule has 1 aromatic carbocycles. The van der Waals surface area contributed by atoms with Crippen LogP contribution in [-0.4, -0.2) is 19.8 Å². The van der Waals surface area contributed by atoms with E-state index in [1.165, 1.54) is 12.1 Å². The number of halogens is 1. The van der Waals surface area contributed by atoms with E-state index in [1.807, 2.05) is 0 Å². The highest BCUT2D eigenvalue weighted by atomic mass is 19.1. The summed E-state index contributed by atoms with van der Waals surface area (Å²) in [6, 6.07) is 6.89. The minimum absolute atomic E-state index is 0.193. The summed E-state index contributed by atoms with van der Waals surface area (Å²) in [6.07, 6.45) is 0. The zero-order chi connectivity index (χ0) is 12.0. The first-order valence-corrected chi connectivity index (χ1v) is 5.60. The van der Waals surface area contributed by atoms with Crippen LogP contribution in [0, 0.1) is 11.7 Å². The number of nitrogens with one attached hydrogen (secondary N) is 1. The molecule has 0 fully saturated rings. The van der Waals surface area contributed by atoms with Crippen LogP contribution in [0.25, 0.3) is 0 Å². The molecule has 2 nitrogen and oxygen atoms in total. The van der Waals surface area contributed by atoms with Gasteiger partial charge in [-0.3, -0.25) is 0 Å². The molecule has 90 valence electrons. The second-order valence-electron chi connectivity index (χ2n) is 4.31. The van der Waals surface area contributed by atoms with E-state index in [4.69, 9.17) is 4.74 Å². The highest BCUT2D eigenvalue weighted by Gasteiger charge is 2.11. The Morgan fingerprint density at radius 3 is 2.38 bits per heavy atom. The van der Waals surface area contributed by atoms with E-state index in [1.54, 1.807) is 19.2 Å². The average molecular weight is 225 g/mol. The molecule has 1 aromatic rings. The van der Waals surface area contributed by atoms with Crippen molar-refractivity contribution in [2.45, 2.75) is 26.4 Å². The molecular weight excluding hydrogens is 205 g/mol. The Balaban J connectivity index is 2.45. The lowest BCUT2D eigenvalue weighted by Gasteiger charge is -2.21. The van der Waals surface area contributed by atoms with Crippen molar-refractivity contribution in [1.82, 2.24) is 5.32 Å². The Morgan fingerprint density at radius 2 is 1.88 bits per heavy atom. The van der Waals surface area contributed by atoms with Crippen LogP contribution in [0.2, 0.25) is 0 Å². The van der Waals surface area contributed by atoms with Gasteiger partial charge in [-0.2, -0.15) is 0 Å². The first kappa shape index (κ1) is 13.1. The van der Waals surface area contributed by atoms with Gasteiger partial charge in [0.05, 0.1) is 6.61 Å². The Kier molecular flexibility index (Phi) is 5.43. The Morgan fingerprint density at radius 1 is 1.25 bits per heavy atom. The lowest BCUT2D eigenvalue weighted by Crippen LogP contribution is -2.37. The van der Waals surface area contributed by atoms with Gasteiger partial charge >= 0.3 is 0 Å². The Bertz CT molecular complexity index is 297. The van der Waals surface area contributed by atoms with Gasteiger partial charge < -0.3 is 10.1 Å². The van der Waals surface area contributed by atoms with Crippen LogP contribution < -0.4 is 5.32 Å². The van der Waals surface area contributed by atoms with Gasteiger partial charge in [-0.1, -0.05) is 26.0 Å². The van der Waals surface area contributed by atoms with Gasteiger partial charge in [0, 0.05) is 19.7 Å². The predicted molar refractivity (Wildman–Crippen MR) is 63.7 cm³/mol. The van der Waals surface area contributed by atoms with Crippen molar-refractivity contribution in [3.63, 3.8) is 0 Å². The smallest absolute Gasteiger partial charge is 0.123 e. The van der Waals surface area contributed by atoms with Gasteiger partial charge in [-0.15, -0.1) is 0 Å². The largest absolute Gasteiger partial charge is 0.383 e. The molecule has 0 saturated heterocycles. The summed E-state index contributed by atoms with van der Waals surface area (Å²) in [4.78, 5) is 0. The molecule has 16 heavy (non-hydrogen) atoms. The molecule has 1 rings (SSSR count). The van der Waals surface area contributed by atoms with E-state index < -0.39 is 0 Å². The zero-order valence-corrected chi connectivity index (χ0v) is 10.2. The fourth-order valence-electron chi connectivity index (χ4n) is 1.52. The van der Waals surface area contributed by atoms with Crippen molar-refractivity contribution in [2.24, 2.45) is 5.92 Å². The number of benzene rings is 1. The van der Waals surface area contributed by atoms with Gasteiger partial charge in [0.15, 0.2) is 0 Å². The second kappa shape index (κ2) is 6.61. The van der Waals surface area contributed by atoms with Gasteiger partial charge in [0.25, 0.3) is 0 Å². The summed E-state index contributed by atoms with van der Waals surface area (Å²) in [6.45, 7) is 5.74.